The summed E-state index contributed by atoms with van der Waals surface area (Å²) in [5.41, 5.74) is 9.41. The Morgan fingerprint density at radius 2 is 1.55 bits per heavy atom. The fraction of sp³-hybridized carbons (Fsp3) is 0.0588. The van der Waals surface area contributed by atoms with E-state index in [1.807, 2.05) is 31.2 Å². The van der Waals surface area contributed by atoms with E-state index in [0.29, 0.717) is 11.3 Å². The second-order valence-electron chi connectivity index (χ2n) is 5.03. The van der Waals surface area contributed by atoms with Gasteiger partial charge in [-0.1, -0.05) is 18.2 Å². The molecule has 0 aliphatic rings. The van der Waals surface area contributed by atoms with Crippen LogP contribution >= 0.6 is 0 Å². The third-order valence-corrected chi connectivity index (χ3v) is 3.34. The number of phenolic OH excluding ortho intramolecular Hbond substituents is 2. The van der Waals surface area contributed by atoms with Crippen molar-refractivity contribution >= 4 is 5.95 Å². The third-order valence-electron chi connectivity index (χ3n) is 3.34. The second-order valence-corrected chi connectivity index (χ2v) is 5.03. The molecular weight excluding hydrogens is 278 g/mol. The zero-order valence-corrected chi connectivity index (χ0v) is 12.0. The van der Waals surface area contributed by atoms with E-state index >= 15 is 0 Å². The largest absolute Gasteiger partial charge is 0.508 e. The van der Waals surface area contributed by atoms with Gasteiger partial charge < -0.3 is 15.9 Å². The highest BCUT2D eigenvalue weighted by atomic mass is 16.3. The monoisotopic (exact) mass is 293 g/mol. The molecule has 1 aromatic heterocycles. The van der Waals surface area contributed by atoms with E-state index in [2.05, 4.69) is 9.97 Å². The van der Waals surface area contributed by atoms with Gasteiger partial charge in [0.25, 0.3) is 0 Å². The van der Waals surface area contributed by atoms with Crippen molar-refractivity contribution in [3.05, 3.63) is 54.2 Å². The Bertz CT molecular complexity index is 810. The molecule has 0 bridgehead atoms. The normalized spacial score (nSPS) is 10.6. The average molecular weight is 293 g/mol. The molecule has 0 spiro atoms. The molecule has 4 N–H and O–H groups in total. The molecule has 110 valence electrons. The van der Waals surface area contributed by atoms with Gasteiger partial charge in [-0.05, 0) is 48.4 Å². The summed E-state index contributed by atoms with van der Waals surface area (Å²) in [5, 5.41) is 19.5. The molecule has 0 radical (unpaired) electrons. The predicted molar refractivity (Wildman–Crippen MR) is 85.4 cm³/mol. The van der Waals surface area contributed by atoms with Crippen molar-refractivity contribution in [2.24, 2.45) is 0 Å². The maximum Gasteiger partial charge on any atom is 0.220 e. The number of phenols is 2. The summed E-state index contributed by atoms with van der Waals surface area (Å²) in [6.07, 6.45) is 0. The van der Waals surface area contributed by atoms with Gasteiger partial charge in [0.2, 0.25) is 5.95 Å². The Morgan fingerprint density at radius 3 is 2.23 bits per heavy atom. The molecular formula is C17H15N3O2. The highest BCUT2D eigenvalue weighted by Gasteiger charge is 2.10. The Kier molecular flexibility index (Phi) is 3.39. The average Bonchev–Trinajstić information content (AvgIpc) is 2.47. The van der Waals surface area contributed by atoms with Gasteiger partial charge >= 0.3 is 0 Å². The first-order chi connectivity index (χ1) is 10.5. The summed E-state index contributed by atoms with van der Waals surface area (Å²) < 4.78 is 0. The van der Waals surface area contributed by atoms with Crippen molar-refractivity contribution in [1.82, 2.24) is 9.97 Å². The first kappa shape index (κ1) is 13.9. The zero-order chi connectivity index (χ0) is 15.7. The molecule has 0 atom stereocenters. The van der Waals surface area contributed by atoms with Crippen LogP contribution in [0.1, 0.15) is 5.69 Å². The molecule has 0 unspecified atom stereocenters. The minimum Gasteiger partial charge on any atom is -0.508 e. The molecule has 5 nitrogen and oxygen atoms in total. The second kappa shape index (κ2) is 5.37. The molecule has 1 heterocycles. The molecule has 0 aliphatic heterocycles. The smallest absolute Gasteiger partial charge is 0.220 e. The van der Waals surface area contributed by atoms with Crippen molar-refractivity contribution < 1.29 is 10.2 Å². The molecule has 2 aromatic carbocycles. The van der Waals surface area contributed by atoms with Crippen LogP contribution in [0.5, 0.6) is 11.5 Å². The highest BCUT2D eigenvalue weighted by molar-refractivity contribution is 5.76. The predicted octanol–water partition coefficient (Wildman–Crippen LogP) is 3.11. The summed E-state index contributed by atoms with van der Waals surface area (Å²) in [5.74, 6) is 0.506. The van der Waals surface area contributed by atoms with E-state index in [9.17, 15) is 10.2 Å². The lowest BCUT2D eigenvalue weighted by molar-refractivity contribution is 0.475. The first-order valence-corrected chi connectivity index (χ1v) is 6.77. The van der Waals surface area contributed by atoms with Crippen LogP contribution in [0.25, 0.3) is 22.4 Å². The Hall–Kier alpha value is -3.08. The van der Waals surface area contributed by atoms with Crippen molar-refractivity contribution in [2.45, 2.75) is 6.92 Å². The number of nitrogens with zero attached hydrogens (tertiary/aromatic N) is 2. The van der Waals surface area contributed by atoms with Gasteiger partial charge in [-0.15, -0.1) is 0 Å². The summed E-state index contributed by atoms with van der Waals surface area (Å²) in [7, 11) is 0. The van der Waals surface area contributed by atoms with Crippen LogP contribution in [0.3, 0.4) is 0 Å². The standard InChI is InChI=1S/C17H15N3O2/c1-10-8-15(20-17(18)19-10)14-9-12(4-7-16(14)22)11-2-5-13(21)6-3-11/h2-9,21-22H,1H3,(H2,18,19,20). The quantitative estimate of drug-likeness (QED) is 0.675. The molecule has 5 heteroatoms. The third kappa shape index (κ3) is 2.69. The lowest BCUT2D eigenvalue weighted by Gasteiger charge is -2.09. The van der Waals surface area contributed by atoms with Crippen molar-refractivity contribution in [1.29, 1.82) is 0 Å². The van der Waals surface area contributed by atoms with E-state index in [4.69, 9.17) is 5.73 Å². The summed E-state index contributed by atoms with van der Waals surface area (Å²) in [6, 6.07) is 13.9. The molecule has 3 aromatic rings. The van der Waals surface area contributed by atoms with Gasteiger partial charge in [0.15, 0.2) is 0 Å². The first-order valence-electron chi connectivity index (χ1n) is 6.77. The number of aromatic nitrogens is 2. The van der Waals surface area contributed by atoms with Crippen LogP contribution in [0.2, 0.25) is 0 Å². The van der Waals surface area contributed by atoms with Gasteiger partial charge in [-0.25, -0.2) is 9.97 Å². The SMILES string of the molecule is Cc1cc(-c2cc(-c3ccc(O)cc3)ccc2O)nc(N)n1. The van der Waals surface area contributed by atoms with Crippen molar-refractivity contribution in [2.75, 3.05) is 5.73 Å². The molecule has 0 saturated heterocycles. The fourth-order valence-corrected chi connectivity index (χ4v) is 2.30. The number of aromatic hydroxyl groups is 2. The Labute approximate surface area is 127 Å². The number of anilines is 1. The maximum absolute atomic E-state index is 10.1. The van der Waals surface area contributed by atoms with Crippen molar-refractivity contribution in [3.8, 4) is 33.9 Å². The van der Waals surface area contributed by atoms with Crippen LogP contribution in [0.15, 0.2) is 48.5 Å². The number of aryl methyl sites for hydroxylation is 1. The fourth-order valence-electron chi connectivity index (χ4n) is 2.30. The molecule has 0 amide bonds. The van der Waals surface area contributed by atoms with E-state index in [1.54, 1.807) is 24.3 Å². The molecule has 0 saturated carbocycles. The minimum atomic E-state index is 0.125. The van der Waals surface area contributed by atoms with Crippen molar-refractivity contribution in [3.63, 3.8) is 0 Å². The number of hydrogen-bond acceptors (Lipinski definition) is 5. The number of benzene rings is 2. The summed E-state index contributed by atoms with van der Waals surface area (Å²) in [4.78, 5) is 8.22. The topological polar surface area (TPSA) is 92.3 Å². The number of nitrogens with two attached hydrogens (primary N) is 1. The number of rotatable bonds is 2. The molecule has 3 rings (SSSR count). The van der Waals surface area contributed by atoms with Gasteiger partial charge in [0.1, 0.15) is 11.5 Å². The van der Waals surface area contributed by atoms with Crippen LogP contribution < -0.4 is 5.73 Å². The number of nitrogen functional groups attached to an aromatic ring is 1. The van der Waals surface area contributed by atoms with Crippen LogP contribution in [0, 0.1) is 6.92 Å². The molecule has 0 fully saturated rings. The van der Waals surface area contributed by atoms with Gasteiger partial charge in [-0.3, -0.25) is 0 Å². The Balaban J connectivity index is 2.12. The van der Waals surface area contributed by atoms with E-state index in [1.165, 1.54) is 0 Å². The maximum atomic E-state index is 10.1. The zero-order valence-electron chi connectivity index (χ0n) is 12.0. The lowest BCUT2D eigenvalue weighted by atomic mass is 10.0. The summed E-state index contributed by atoms with van der Waals surface area (Å²) >= 11 is 0. The van der Waals surface area contributed by atoms with Gasteiger partial charge in [0, 0.05) is 11.3 Å². The number of hydrogen-bond donors (Lipinski definition) is 3. The highest BCUT2D eigenvalue weighted by Crippen LogP contribution is 2.33. The lowest BCUT2D eigenvalue weighted by Crippen LogP contribution is -1.98. The minimum absolute atomic E-state index is 0.125. The summed E-state index contributed by atoms with van der Waals surface area (Å²) in [6.45, 7) is 1.82. The van der Waals surface area contributed by atoms with E-state index in [-0.39, 0.29) is 17.4 Å². The van der Waals surface area contributed by atoms with Gasteiger partial charge in [-0.2, -0.15) is 0 Å². The molecule has 0 aliphatic carbocycles. The molecule has 22 heavy (non-hydrogen) atoms. The van der Waals surface area contributed by atoms with Crippen LogP contribution in [-0.2, 0) is 0 Å². The van der Waals surface area contributed by atoms with Crippen LogP contribution in [-0.4, -0.2) is 20.2 Å². The van der Waals surface area contributed by atoms with E-state index in [0.717, 1.165) is 16.8 Å². The van der Waals surface area contributed by atoms with Gasteiger partial charge in [0.05, 0.1) is 5.69 Å². The Morgan fingerprint density at radius 1 is 0.864 bits per heavy atom. The van der Waals surface area contributed by atoms with E-state index < -0.39 is 0 Å². The van der Waals surface area contributed by atoms with Crippen LogP contribution in [0.4, 0.5) is 5.95 Å².